The summed E-state index contributed by atoms with van der Waals surface area (Å²) in [5, 5.41) is 12.8. The topological polar surface area (TPSA) is 58.6 Å². The van der Waals surface area contributed by atoms with Crippen molar-refractivity contribution in [2.45, 2.75) is 12.5 Å². The molecule has 2 rings (SSSR count). The van der Waals surface area contributed by atoms with E-state index in [0.717, 1.165) is 0 Å². The minimum absolute atomic E-state index is 0.0144. The van der Waals surface area contributed by atoms with E-state index in [9.17, 15) is 9.90 Å². The predicted molar refractivity (Wildman–Crippen MR) is 85.4 cm³/mol. The van der Waals surface area contributed by atoms with E-state index in [0.29, 0.717) is 17.0 Å². The van der Waals surface area contributed by atoms with Gasteiger partial charge in [-0.2, -0.15) is 0 Å². The quantitative estimate of drug-likeness (QED) is 0.806. The lowest BCUT2D eigenvalue weighted by Gasteiger charge is -2.12. The zero-order valence-corrected chi connectivity index (χ0v) is 12.0. The molecule has 1 atom stereocenters. The first-order chi connectivity index (χ1) is 10.7. The molecule has 112 valence electrons. The Morgan fingerprint density at radius 2 is 2.00 bits per heavy atom. The number of ether oxygens (including phenoxy) is 1. The zero-order valence-electron chi connectivity index (χ0n) is 12.0. The van der Waals surface area contributed by atoms with Crippen LogP contribution < -0.4 is 10.1 Å². The molecule has 0 spiro atoms. The summed E-state index contributed by atoms with van der Waals surface area (Å²) in [5.41, 5.74) is 1.31. The van der Waals surface area contributed by atoms with Crippen LogP contribution in [0.25, 0.3) is 0 Å². The maximum Gasteiger partial charge on any atom is 0.227 e. The minimum Gasteiger partial charge on any atom is -0.481 e. The summed E-state index contributed by atoms with van der Waals surface area (Å²) >= 11 is 0. The van der Waals surface area contributed by atoms with Crippen molar-refractivity contribution >= 4 is 11.6 Å². The Morgan fingerprint density at radius 3 is 2.73 bits per heavy atom. The Hall–Kier alpha value is -2.77. The number of hydrogen-bond acceptors (Lipinski definition) is 3. The fourth-order valence-electron chi connectivity index (χ4n) is 1.97. The van der Waals surface area contributed by atoms with Gasteiger partial charge in [-0.3, -0.25) is 4.79 Å². The number of rotatable bonds is 6. The molecule has 0 bridgehead atoms. The van der Waals surface area contributed by atoms with E-state index in [-0.39, 0.29) is 18.9 Å². The van der Waals surface area contributed by atoms with E-state index in [4.69, 9.17) is 11.2 Å². The summed E-state index contributed by atoms with van der Waals surface area (Å²) in [4.78, 5) is 12.0. The number of nitrogens with one attached hydrogen (secondary N) is 1. The zero-order chi connectivity index (χ0) is 15.8. The third-order valence-electron chi connectivity index (χ3n) is 3.00. The van der Waals surface area contributed by atoms with Gasteiger partial charge < -0.3 is 15.2 Å². The Labute approximate surface area is 129 Å². The molecule has 0 aliphatic carbocycles. The third-order valence-corrected chi connectivity index (χ3v) is 3.00. The molecule has 2 N–H and O–H groups in total. The molecule has 4 heteroatoms. The molecule has 1 amide bonds. The number of benzene rings is 2. The second-order valence-electron chi connectivity index (χ2n) is 4.70. The molecule has 0 heterocycles. The first kappa shape index (κ1) is 15.6. The van der Waals surface area contributed by atoms with Crippen molar-refractivity contribution in [3.63, 3.8) is 0 Å². The van der Waals surface area contributed by atoms with Gasteiger partial charge in [0.25, 0.3) is 0 Å². The van der Waals surface area contributed by atoms with Crippen LogP contribution in [0.4, 0.5) is 5.69 Å². The number of carbonyl (C=O) groups is 1. The number of carbonyl (C=O) groups excluding carboxylic acids is 1. The lowest BCUT2D eigenvalue weighted by Crippen LogP contribution is -2.15. The van der Waals surface area contributed by atoms with Crippen LogP contribution in [0.15, 0.2) is 54.6 Å². The molecule has 22 heavy (non-hydrogen) atoms. The van der Waals surface area contributed by atoms with Crippen LogP contribution in [0.3, 0.4) is 0 Å². The normalized spacial score (nSPS) is 11.3. The molecule has 2 aromatic rings. The van der Waals surface area contributed by atoms with Gasteiger partial charge >= 0.3 is 0 Å². The van der Waals surface area contributed by atoms with E-state index >= 15 is 0 Å². The summed E-state index contributed by atoms with van der Waals surface area (Å²) < 4.78 is 5.29. The largest absolute Gasteiger partial charge is 0.481 e. The standard InChI is InChI=1S/C18H17NO3/c1-2-11-22-16-10-6-9-15(12-16)19-18(21)13-17(20)14-7-4-3-5-8-14/h1,3-10,12,17,20H,11,13H2,(H,19,21). The average molecular weight is 295 g/mol. The van der Waals surface area contributed by atoms with Crippen LogP contribution in [-0.4, -0.2) is 17.6 Å². The highest BCUT2D eigenvalue weighted by Gasteiger charge is 2.13. The van der Waals surface area contributed by atoms with Crippen LogP contribution in [0.5, 0.6) is 5.75 Å². The van der Waals surface area contributed by atoms with Crippen LogP contribution in [-0.2, 0) is 4.79 Å². The van der Waals surface area contributed by atoms with Gasteiger partial charge in [-0.1, -0.05) is 42.3 Å². The molecule has 0 aliphatic heterocycles. The molecular formula is C18H17NO3. The van der Waals surface area contributed by atoms with Crippen LogP contribution >= 0.6 is 0 Å². The molecule has 2 aromatic carbocycles. The predicted octanol–water partition coefficient (Wildman–Crippen LogP) is 2.76. The van der Waals surface area contributed by atoms with Gasteiger partial charge in [0.15, 0.2) is 0 Å². The molecule has 4 nitrogen and oxygen atoms in total. The van der Waals surface area contributed by atoms with Gasteiger partial charge in [0.1, 0.15) is 12.4 Å². The van der Waals surface area contributed by atoms with Gasteiger partial charge in [-0.05, 0) is 17.7 Å². The minimum atomic E-state index is -0.831. The van der Waals surface area contributed by atoms with Crippen molar-refractivity contribution in [3.8, 4) is 18.1 Å². The Balaban J connectivity index is 1.93. The first-order valence-electron chi connectivity index (χ1n) is 6.88. The summed E-state index contributed by atoms with van der Waals surface area (Å²) in [6, 6.07) is 16.0. The SMILES string of the molecule is C#CCOc1cccc(NC(=O)CC(O)c2ccccc2)c1. The lowest BCUT2D eigenvalue weighted by atomic mass is 10.1. The van der Waals surface area contributed by atoms with Crippen molar-refractivity contribution in [2.75, 3.05) is 11.9 Å². The highest BCUT2D eigenvalue weighted by Crippen LogP contribution is 2.20. The number of aliphatic hydroxyl groups excluding tert-OH is 1. The molecule has 0 aromatic heterocycles. The second-order valence-corrected chi connectivity index (χ2v) is 4.70. The van der Waals surface area contributed by atoms with Crippen molar-refractivity contribution in [3.05, 3.63) is 60.2 Å². The molecule has 1 unspecified atom stereocenters. The lowest BCUT2D eigenvalue weighted by molar-refractivity contribution is -0.118. The molecular weight excluding hydrogens is 278 g/mol. The van der Waals surface area contributed by atoms with Crippen molar-refractivity contribution in [1.82, 2.24) is 0 Å². The van der Waals surface area contributed by atoms with E-state index in [1.165, 1.54) is 0 Å². The first-order valence-corrected chi connectivity index (χ1v) is 6.88. The van der Waals surface area contributed by atoms with Crippen molar-refractivity contribution in [2.24, 2.45) is 0 Å². The van der Waals surface area contributed by atoms with Crippen LogP contribution in [0.1, 0.15) is 18.1 Å². The summed E-state index contributed by atoms with van der Waals surface area (Å²) in [6.07, 6.45) is 4.29. The Morgan fingerprint density at radius 1 is 1.23 bits per heavy atom. The maximum atomic E-state index is 12.0. The molecule has 0 aliphatic rings. The monoisotopic (exact) mass is 295 g/mol. The molecule has 0 saturated heterocycles. The number of anilines is 1. The van der Waals surface area contributed by atoms with Gasteiger partial charge in [-0.25, -0.2) is 0 Å². The summed E-state index contributed by atoms with van der Waals surface area (Å²) in [5.74, 6) is 2.69. The van der Waals surface area contributed by atoms with Gasteiger partial charge in [0.2, 0.25) is 5.91 Å². The fraction of sp³-hybridized carbons (Fsp3) is 0.167. The van der Waals surface area contributed by atoms with E-state index in [2.05, 4.69) is 11.2 Å². The Kier molecular flexibility index (Phi) is 5.58. The van der Waals surface area contributed by atoms with E-state index < -0.39 is 6.10 Å². The second kappa shape index (κ2) is 7.87. The summed E-state index contributed by atoms with van der Waals surface area (Å²) in [6.45, 7) is 0.171. The third kappa shape index (κ3) is 4.65. The van der Waals surface area contributed by atoms with Crippen LogP contribution in [0.2, 0.25) is 0 Å². The smallest absolute Gasteiger partial charge is 0.227 e. The fourth-order valence-corrected chi connectivity index (χ4v) is 1.97. The number of terminal acetylenes is 1. The van der Waals surface area contributed by atoms with Gasteiger partial charge in [0, 0.05) is 11.8 Å². The molecule has 0 fully saturated rings. The van der Waals surface area contributed by atoms with Crippen LogP contribution in [0, 0.1) is 12.3 Å². The maximum absolute atomic E-state index is 12.0. The van der Waals surface area contributed by atoms with Crippen molar-refractivity contribution < 1.29 is 14.6 Å². The number of hydrogen-bond donors (Lipinski definition) is 2. The molecule has 0 radical (unpaired) electrons. The number of amides is 1. The number of aliphatic hydroxyl groups is 1. The Bertz CT molecular complexity index is 662. The molecule has 0 saturated carbocycles. The highest BCUT2D eigenvalue weighted by molar-refractivity contribution is 5.91. The summed E-state index contributed by atoms with van der Waals surface area (Å²) in [7, 11) is 0. The average Bonchev–Trinajstić information content (AvgIpc) is 2.54. The van der Waals surface area contributed by atoms with Gasteiger partial charge in [0.05, 0.1) is 12.5 Å². The van der Waals surface area contributed by atoms with E-state index in [1.807, 2.05) is 18.2 Å². The van der Waals surface area contributed by atoms with Crippen molar-refractivity contribution in [1.29, 1.82) is 0 Å². The highest BCUT2D eigenvalue weighted by atomic mass is 16.5. The van der Waals surface area contributed by atoms with Gasteiger partial charge in [-0.15, -0.1) is 6.42 Å². The van der Waals surface area contributed by atoms with E-state index in [1.54, 1.807) is 36.4 Å².